The van der Waals surface area contributed by atoms with Gasteiger partial charge in [-0.2, -0.15) is 0 Å². The zero-order chi connectivity index (χ0) is 14.4. The first-order valence-electron chi connectivity index (χ1n) is 7.74. The number of nitrogens with two attached hydrogens (primary N) is 1. The minimum atomic E-state index is 0.256. The first-order chi connectivity index (χ1) is 9.76. The SMILES string of the molecule is CCCn1cncc1C(CN)N(C)CC1CCOCC1. The predicted molar refractivity (Wildman–Crippen MR) is 80.5 cm³/mol. The van der Waals surface area contributed by atoms with Gasteiger partial charge >= 0.3 is 0 Å². The summed E-state index contributed by atoms with van der Waals surface area (Å²) in [4.78, 5) is 6.69. The van der Waals surface area contributed by atoms with Crippen molar-refractivity contribution in [1.29, 1.82) is 0 Å². The zero-order valence-corrected chi connectivity index (χ0v) is 12.8. The van der Waals surface area contributed by atoms with Crippen molar-refractivity contribution in [2.24, 2.45) is 11.7 Å². The summed E-state index contributed by atoms with van der Waals surface area (Å²) in [5.74, 6) is 0.727. The number of aryl methyl sites for hydroxylation is 1. The van der Waals surface area contributed by atoms with Gasteiger partial charge in [-0.15, -0.1) is 0 Å². The normalized spacial score (nSPS) is 18.6. The van der Waals surface area contributed by atoms with E-state index in [1.165, 1.54) is 5.69 Å². The summed E-state index contributed by atoms with van der Waals surface area (Å²) in [7, 11) is 2.18. The Hall–Kier alpha value is -0.910. The Balaban J connectivity index is 2.00. The van der Waals surface area contributed by atoms with Crippen LogP contribution in [0.1, 0.15) is 37.9 Å². The number of hydrogen-bond acceptors (Lipinski definition) is 4. The fraction of sp³-hybridized carbons (Fsp3) is 0.800. The van der Waals surface area contributed by atoms with Gasteiger partial charge in [0.25, 0.3) is 0 Å². The monoisotopic (exact) mass is 280 g/mol. The highest BCUT2D eigenvalue weighted by Crippen LogP contribution is 2.23. The molecule has 2 N–H and O–H groups in total. The van der Waals surface area contributed by atoms with Crippen molar-refractivity contribution in [3.8, 4) is 0 Å². The van der Waals surface area contributed by atoms with Gasteiger partial charge in [0.05, 0.1) is 18.1 Å². The van der Waals surface area contributed by atoms with Crippen LogP contribution in [0.15, 0.2) is 12.5 Å². The Bertz CT molecular complexity index is 387. The molecule has 2 heterocycles. The molecule has 1 aliphatic heterocycles. The average Bonchev–Trinajstić information content (AvgIpc) is 2.89. The van der Waals surface area contributed by atoms with Gasteiger partial charge < -0.3 is 15.0 Å². The first-order valence-corrected chi connectivity index (χ1v) is 7.74. The lowest BCUT2D eigenvalue weighted by atomic mass is 9.99. The molecular formula is C15H28N4O. The molecule has 20 heavy (non-hydrogen) atoms. The number of likely N-dealkylation sites (N-methyl/N-ethyl adjacent to an activating group) is 1. The Morgan fingerprint density at radius 3 is 2.90 bits per heavy atom. The number of ether oxygens (including phenoxy) is 1. The summed E-state index contributed by atoms with van der Waals surface area (Å²) in [5, 5.41) is 0. The molecule has 0 radical (unpaired) electrons. The largest absolute Gasteiger partial charge is 0.381 e. The average molecular weight is 280 g/mol. The molecule has 2 rings (SSSR count). The molecule has 1 unspecified atom stereocenters. The van der Waals surface area contributed by atoms with Gasteiger partial charge in [0, 0.05) is 39.0 Å². The van der Waals surface area contributed by atoms with Crippen LogP contribution in [0.4, 0.5) is 0 Å². The molecule has 0 aromatic carbocycles. The predicted octanol–water partition coefficient (Wildman–Crippen LogP) is 1.65. The van der Waals surface area contributed by atoms with Crippen LogP contribution in [0.5, 0.6) is 0 Å². The van der Waals surface area contributed by atoms with Crippen LogP contribution in [0.25, 0.3) is 0 Å². The number of aromatic nitrogens is 2. The number of imidazole rings is 1. The van der Waals surface area contributed by atoms with E-state index in [4.69, 9.17) is 10.5 Å². The molecule has 1 aromatic heterocycles. The van der Waals surface area contributed by atoms with Gasteiger partial charge in [0.1, 0.15) is 0 Å². The van der Waals surface area contributed by atoms with E-state index in [2.05, 4.69) is 28.4 Å². The second-order valence-electron chi connectivity index (χ2n) is 5.76. The molecule has 1 fully saturated rings. The van der Waals surface area contributed by atoms with Crippen molar-refractivity contribution in [3.05, 3.63) is 18.2 Å². The van der Waals surface area contributed by atoms with Crippen molar-refractivity contribution in [2.75, 3.05) is 33.4 Å². The van der Waals surface area contributed by atoms with Crippen molar-refractivity contribution in [2.45, 2.75) is 38.8 Å². The Kier molecular flexibility index (Phi) is 6.01. The van der Waals surface area contributed by atoms with E-state index in [1.807, 2.05) is 12.5 Å². The number of hydrogen-bond donors (Lipinski definition) is 1. The van der Waals surface area contributed by atoms with Crippen LogP contribution < -0.4 is 5.73 Å². The van der Waals surface area contributed by atoms with E-state index in [9.17, 15) is 0 Å². The highest BCUT2D eigenvalue weighted by Gasteiger charge is 2.23. The lowest BCUT2D eigenvalue weighted by Gasteiger charge is -2.32. The molecule has 0 aliphatic carbocycles. The standard InChI is InChI=1S/C15H28N4O/c1-3-6-19-12-17-10-15(19)14(9-16)18(2)11-13-4-7-20-8-5-13/h10,12-14H,3-9,11,16H2,1-2H3. The van der Waals surface area contributed by atoms with E-state index < -0.39 is 0 Å². The smallest absolute Gasteiger partial charge is 0.0948 e. The van der Waals surface area contributed by atoms with Crippen molar-refractivity contribution in [3.63, 3.8) is 0 Å². The third-order valence-electron chi connectivity index (χ3n) is 4.19. The van der Waals surface area contributed by atoms with Crippen LogP contribution >= 0.6 is 0 Å². The number of rotatable bonds is 7. The maximum absolute atomic E-state index is 6.03. The quantitative estimate of drug-likeness (QED) is 0.825. The minimum absolute atomic E-state index is 0.256. The van der Waals surface area contributed by atoms with Gasteiger partial charge in [-0.1, -0.05) is 6.92 Å². The highest BCUT2D eigenvalue weighted by atomic mass is 16.5. The van der Waals surface area contributed by atoms with Crippen molar-refractivity contribution >= 4 is 0 Å². The highest BCUT2D eigenvalue weighted by molar-refractivity contribution is 5.06. The Morgan fingerprint density at radius 1 is 1.50 bits per heavy atom. The topological polar surface area (TPSA) is 56.3 Å². The third kappa shape index (κ3) is 3.81. The molecule has 5 nitrogen and oxygen atoms in total. The van der Waals surface area contributed by atoms with Crippen LogP contribution in [-0.4, -0.2) is 47.8 Å². The lowest BCUT2D eigenvalue weighted by Crippen LogP contribution is -2.37. The molecule has 114 valence electrons. The number of nitrogens with zero attached hydrogens (tertiary/aromatic N) is 3. The van der Waals surface area contributed by atoms with Gasteiger partial charge in [-0.05, 0) is 32.2 Å². The van der Waals surface area contributed by atoms with E-state index in [0.29, 0.717) is 6.54 Å². The lowest BCUT2D eigenvalue weighted by molar-refractivity contribution is 0.0502. The summed E-state index contributed by atoms with van der Waals surface area (Å²) in [5.41, 5.74) is 7.27. The molecule has 0 saturated carbocycles. The second kappa shape index (κ2) is 7.76. The Labute approximate surface area is 122 Å². The molecule has 1 atom stereocenters. The maximum atomic E-state index is 6.03. The van der Waals surface area contributed by atoms with Crippen LogP contribution in [0.2, 0.25) is 0 Å². The van der Waals surface area contributed by atoms with Crippen LogP contribution in [0, 0.1) is 5.92 Å². The molecule has 5 heteroatoms. The summed E-state index contributed by atoms with van der Waals surface area (Å²) >= 11 is 0. The Morgan fingerprint density at radius 2 is 2.25 bits per heavy atom. The molecular weight excluding hydrogens is 252 g/mol. The fourth-order valence-electron chi connectivity index (χ4n) is 3.03. The van der Waals surface area contributed by atoms with Crippen molar-refractivity contribution in [1.82, 2.24) is 14.5 Å². The minimum Gasteiger partial charge on any atom is -0.381 e. The molecule has 0 spiro atoms. The van der Waals surface area contributed by atoms with Gasteiger partial charge in [0.15, 0.2) is 0 Å². The molecule has 1 aliphatic rings. The molecule has 0 bridgehead atoms. The fourth-order valence-corrected chi connectivity index (χ4v) is 3.03. The second-order valence-corrected chi connectivity index (χ2v) is 5.76. The maximum Gasteiger partial charge on any atom is 0.0948 e. The summed E-state index contributed by atoms with van der Waals surface area (Å²) in [6.07, 6.45) is 7.33. The summed E-state index contributed by atoms with van der Waals surface area (Å²) in [6, 6.07) is 0.256. The van der Waals surface area contributed by atoms with Crippen LogP contribution in [-0.2, 0) is 11.3 Å². The van der Waals surface area contributed by atoms with Crippen molar-refractivity contribution < 1.29 is 4.74 Å². The third-order valence-corrected chi connectivity index (χ3v) is 4.19. The summed E-state index contributed by atoms with van der Waals surface area (Å²) in [6.45, 7) is 6.72. The molecule has 0 amide bonds. The van der Waals surface area contributed by atoms with Gasteiger partial charge in [-0.25, -0.2) is 4.98 Å². The van der Waals surface area contributed by atoms with E-state index in [1.54, 1.807) is 0 Å². The molecule has 1 aromatic rings. The van der Waals surface area contributed by atoms with E-state index in [0.717, 1.165) is 51.5 Å². The van der Waals surface area contributed by atoms with Gasteiger partial charge in [0.2, 0.25) is 0 Å². The summed E-state index contributed by atoms with van der Waals surface area (Å²) < 4.78 is 7.67. The van der Waals surface area contributed by atoms with Gasteiger partial charge in [-0.3, -0.25) is 4.90 Å². The van der Waals surface area contributed by atoms with E-state index >= 15 is 0 Å². The molecule has 1 saturated heterocycles. The van der Waals surface area contributed by atoms with E-state index in [-0.39, 0.29) is 6.04 Å². The zero-order valence-electron chi connectivity index (χ0n) is 12.8. The first kappa shape index (κ1) is 15.5. The van der Waals surface area contributed by atoms with Crippen LogP contribution in [0.3, 0.4) is 0 Å².